The smallest absolute Gasteiger partial charge is 0.211 e. The second-order valence-corrected chi connectivity index (χ2v) is 3.19. The van der Waals surface area contributed by atoms with Gasteiger partial charge in [-0.3, -0.25) is 9.59 Å². The van der Waals surface area contributed by atoms with Crippen LogP contribution in [0.25, 0.3) is 6.08 Å². The molecule has 1 aliphatic carbocycles. The number of allylic oxidation sites excluding steroid dienone is 1. The Balaban J connectivity index is 2.35. The first kappa shape index (κ1) is 8.69. The van der Waals surface area contributed by atoms with Gasteiger partial charge in [-0.1, -0.05) is 6.07 Å². The summed E-state index contributed by atoms with van der Waals surface area (Å²) in [4.78, 5) is 20.8. The summed E-state index contributed by atoms with van der Waals surface area (Å²) in [6.07, 6.45) is 4.05. The van der Waals surface area contributed by atoms with Gasteiger partial charge < -0.3 is 5.32 Å². The minimum Gasteiger partial charge on any atom is -0.329 e. The zero-order valence-corrected chi connectivity index (χ0v) is 7.49. The Morgan fingerprint density at radius 2 is 2.14 bits per heavy atom. The number of anilines is 1. The molecule has 0 unspecified atom stereocenters. The Kier molecular flexibility index (Phi) is 2.14. The molecule has 0 spiro atoms. The maximum atomic E-state index is 10.5. The first-order valence-corrected chi connectivity index (χ1v) is 4.32. The number of hydrogen-bond acceptors (Lipinski definition) is 2. The van der Waals surface area contributed by atoms with Gasteiger partial charge in [0.1, 0.15) is 6.29 Å². The van der Waals surface area contributed by atoms with Crippen LogP contribution in [0.5, 0.6) is 0 Å². The molecule has 1 aromatic rings. The van der Waals surface area contributed by atoms with Crippen LogP contribution in [0.15, 0.2) is 23.8 Å². The predicted molar refractivity (Wildman–Crippen MR) is 53.9 cm³/mol. The minimum atomic E-state index is 0.640. The van der Waals surface area contributed by atoms with E-state index in [2.05, 4.69) is 5.32 Å². The summed E-state index contributed by atoms with van der Waals surface area (Å²) in [6, 6.07) is 5.61. The molecule has 0 fully saturated rings. The quantitative estimate of drug-likeness (QED) is 0.727. The van der Waals surface area contributed by atoms with E-state index in [4.69, 9.17) is 0 Å². The van der Waals surface area contributed by atoms with Crippen molar-refractivity contribution in [1.82, 2.24) is 0 Å². The third kappa shape index (κ3) is 1.44. The van der Waals surface area contributed by atoms with Crippen molar-refractivity contribution in [2.45, 2.75) is 6.42 Å². The highest BCUT2D eigenvalue weighted by molar-refractivity contribution is 5.87. The molecular weight excluding hydrogens is 178 g/mol. The molecule has 1 aromatic carbocycles. The number of aldehydes is 1. The van der Waals surface area contributed by atoms with Crippen LogP contribution < -0.4 is 5.32 Å². The topological polar surface area (TPSA) is 46.2 Å². The molecule has 14 heavy (non-hydrogen) atoms. The fraction of sp³-hybridized carbons (Fsp3) is 0.0909. The number of nitrogens with one attached hydrogen (secondary N) is 1. The average Bonchev–Trinajstić information content (AvgIpc) is 2.60. The van der Waals surface area contributed by atoms with Crippen molar-refractivity contribution in [3.63, 3.8) is 0 Å². The molecular formula is C11H9NO2. The van der Waals surface area contributed by atoms with E-state index in [-0.39, 0.29) is 0 Å². The third-order valence-corrected chi connectivity index (χ3v) is 2.26. The lowest BCUT2D eigenvalue weighted by Crippen LogP contribution is -1.94. The lowest BCUT2D eigenvalue weighted by molar-refractivity contribution is -0.106. The van der Waals surface area contributed by atoms with Crippen molar-refractivity contribution in [1.29, 1.82) is 0 Å². The second kappa shape index (κ2) is 3.46. The third-order valence-electron chi connectivity index (χ3n) is 2.26. The van der Waals surface area contributed by atoms with Crippen molar-refractivity contribution >= 4 is 24.5 Å². The number of rotatable bonds is 3. The molecule has 0 aliphatic heterocycles. The summed E-state index contributed by atoms with van der Waals surface area (Å²) in [5.41, 5.74) is 3.67. The van der Waals surface area contributed by atoms with Gasteiger partial charge in [-0.25, -0.2) is 0 Å². The number of carbonyl (C=O) groups excluding carboxylic acids is 2. The van der Waals surface area contributed by atoms with Crippen molar-refractivity contribution in [2.24, 2.45) is 0 Å². The van der Waals surface area contributed by atoms with E-state index >= 15 is 0 Å². The molecule has 0 heterocycles. The fourth-order valence-corrected chi connectivity index (χ4v) is 1.59. The van der Waals surface area contributed by atoms with Crippen LogP contribution >= 0.6 is 0 Å². The molecule has 0 radical (unpaired) electrons. The Morgan fingerprint density at radius 3 is 2.86 bits per heavy atom. The molecule has 0 bridgehead atoms. The highest BCUT2D eigenvalue weighted by atomic mass is 16.1. The van der Waals surface area contributed by atoms with Crippen molar-refractivity contribution in [3.8, 4) is 0 Å². The van der Waals surface area contributed by atoms with Gasteiger partial charge in [0, 0.05) is 12.1 Å². The summed E-state index contributed by atoms with van der Waals surface area (Å²) >= 11 is 0. The normalized spacial score (nSPS) is 13.0. The highest BCUT2D eigenvalue weighted by Gasteiger charge is 2.11. The molecule has 3 heteroatoms. The standard InChI is InChI=1S/C11H9NO2/c13-6-8-3-9-1-2-11(12-7-14)5-10(9)4-8/h1-2,4-7H,3H2,(H,12,14). The molecule has 0 atom stereocenters. The molecule has 0 saturated heterocycles. The van der Waals surface area contributed by atoms with Crippen LogP contribution in [-0.2, 0) is 16.0 Å². The Morgan fingerprint density at radius 1 is 1.29 bits per heavy atom. The van der Waals surface area contributed by atoms with Gasteiger partial charge in [0.05, 0.1) is 0 Å². The van der Waals surface area contributed by atoms with Crippen LogP contribution in [0.4, 0.5) is 5.69 Å². The first-order chi connectivity index (χ1) is 6.83. The minimum absolute atomic E-state index is 0.640. The average molecular weight is 187 g/mol. The number of carbonyl (C=O) groups is 2. The number of amides is 1. The van der Waals surface area contributed by atoms with Gasteiger partial charge in [0.15, 0.2) is 0 Å². The van der Waals surface area contributed by atoms with Crippen LogP contribution in [0.1, 0.15) is 11.1 Å². The molecule has 3 nitrogen and oxygen atoms in total. The van der Waals surface area contributed by atoms with Gasteiger partial charge in [-0.2, -0.15) is 0 Å². The summed E-state index contributed by atoms with van der Waals surface area (Å²) < 4.78 is 0. The van der Waals surface area contributed by atoms with Crippen LogP contribution in [-0.4, -0.2) is 12.7 Å². The van der Waals surface area contributed by atoms with Gasteiger partial charge in [0.2, 0.25) is 6.41 Å². The summed E-state index contributed by atoms with van der Waals surface area (Å²) in [7, 11) is 0. The van der Waals surface area contributed by atoms with Gasteiger partial charge in [-0.15, -0.1) is 0 Å². The van der Waals surface area contributed by atoms with Crippen molar-refractivity contribution in [3.05, 3.63) is 34.9 Å². The number of fused-ring (bicyclic) bond motifs is 1. The number of benzene rings is 1. The molecule has 0 saturated carbocycles. The monoisotopic (exact) mass is 187 g/mol. The maximum absolute atomic E-state index is 10.5. The van der Waals surface area contributed by atoms with E-state index in [0.717, 1.165) is 28.7 Å². The molecule has 1 aliphatic rings. The maximum Gasteiger partial charge on any atom is 0.211 e. The predicted octanol–water partition coefficient (Wildman–Crippen LogP) is 1.39. The largest absolute Gasteiger partial charge is 0.329 e. The zero-order valence-electron chi connectivity index (χ0n) is 7.49. The SMILES string of the molecule is O=CNc1ccc2c(c1)C=C(C=O)C2. The molecule has 1 amide bonds. The van der Waals surface area contributed by atoms with Gasteiger partial charge >= 0.3 is 0 Å². The lowest BCUT2D eigenvalue weighted by Gasteiger charge is -2.01. The van der Waals surface area contributed by atoms with E-state index in [1.54, 1.807) is 0 Å². The Bertz CT molecular complexity index is 421. The molecule has 0 aromatic heterocycles. The van der Waals surface area contributed by atoms with E-state index in [1.165, 1.54) is 0 Å². The van der Waals surface area contributed by atoms with Crippen LogP contribution in [0.3, 0.4) is 0 Å². The number of hydrogen-bond donors (Lipinski definition) is 1. The van der Waals surface area contributed by atoms with Crippen LogP contribution in [0.2, 0.25) is 0 Å². The van der Waals surface area contributed by atoms with Gasteiger partial charge in [-0.05, 0) is 34.9 Å². The van der Waals surface area contributed by atoms with Gasteiger partial charge in [0.25, 0.3) is 0 Å². The van der Waals surface area contributed by atoms with E-state index in [1.807, 2.05) is 24.3 Å². The molecule has 70 valence electrons. The Labute approximate surface area is 81.4 Å². The van der Waals surface area contributed by atoms with Crippen LogP contribution in [0, 0.1) is 0 Å². The summed E-state index contributed by atoms with van der Waals surface area (Å²) in [5.74, 6) is 0. The first-order valence-electron chi connectivity index (χ1n) is 4.32. The fourth-order valence-electron chi connectivity index (χ4n) is 1.59. The zero-order chi connectivity index (χ0) is 9.97. The lowest BCUT2D eigenvalue weighted by atomic mass is 10.1. The van der Waals surface area contributed by atoms with E-state index < -0.39 is 0 Å². The second-order valence-electron chi connectivity index (χ2n) is 3.19. The van der Waals surface area contributed by atoms with E-state index in [0.29, 0.717) is 12.8 Å². The highest BCUT2D eigenvalue weighted by Crippen LogP contribution is 2.26. The summed E-state index contributed by atoms with van der Waals surface area (Å²) in [6.45, 7) is 0. The van der Waals surface area contributed by atoms with Crippen molar-refractivity contribution in [2.75, 3.05) is 5.32 Å². The van der Waals surface area contributed by atoms with E-state index in [9.17, 15) is 9.59 Å². The van der Waals surface area contributed by atoms with Crippen molar-refractivity contribution < 1.29 is 9.59 Å². The molecule has 2 rings (SSSR count). The summed E-state index contributed by atoms with van der Waals surface area (Å²) in [5, 5.41) is 2.57. The molecule has 1 N–H and O–H groups in total. The Hall–Kier alpha value is -1.90.